The van der Waals surface area contributed by atoms with E-state index in [1.807, 2.05) is 18.2 Å². The minimum atomic E-state index is -0.106. The van der Waals surface area contributed by atoms with Crippen LogP contribution >= 0.6 is 0 Å². The first-order valence-corrected chi connectivity index (χ1v) is 8.90. The maximum atomic E-state index is 5.84. The van der Waals surface area contributed by atoms with Crippen molar-refractivity contribution in [2.45, 2.75) is 45.9 Å². The summed E-state index contributed by atoms with van der Waals surface area (Å²) >= 11 is 0. The second-order valence-corrected chi connectivity index (χ2v) is 6.89. The zero-order valence-corrected chi connectivity index (χ0v) is 15.9. The van der Waals surface area contributed by atoms with Crippen LogP contribution in [0.1, 0.15) is 32.8 Å². The topological polar surface area (TPSA) is 52.4 Å². The molecule has 0 saturated heterocycles. The van der Waals surface area contributed by atoms with Gasteiger partial charge in [0.15, 0.2) is 0 Å². The Kier molecular flexibility index (Phi) is 7.44. The third-order valence-electron chi connectivity index (χ3n) is 4.28. The molecule has 0 bridgehead atoms. The molecule has 0 saturated carbocycles. The van der Waals surface area contributed by atoms with Gasteiger partial charge in [-0.05, 0) is 23.8 Å². The standard InChI is InChI=1S/C20H30N2O3/c1-14(2)18-20(24-5)21-17(19(22-18)23-4)11-15(3)12-25-13-16-9-7-6-8-10-16/h6-10,14-15,17-18H,11-13H2,1-5H3/t15?,17-,18-/m1/s1. The highest BCUT2D eigenvalue weighted by Gasteiger charge is 2.31. The highest BCUT2D eigenvalue weighted by atomic mass is 16.5. The molecule has 138 valence electrons. The van der Waals surface area contributed by atoms with E-state index < -0.39 is 0 Å². The van der Waals surface area contributed by atoms with Crippen molar-refractivity contribution in [3.05, 3.63) is 35.9 Å². The van der Waals surface area contributed by atoms with Crippen molar-refractivity contribution in [1.82, 2.24) is 0 Å². The quantitative estimate of drug-likeness (QED) is 0.756. The van der Waals surface area contributed by atoms with Gasteiger partial charge >= 0.3 is 0 Å². The Morgan fingerprint density at radius 3 is 2.24 bits per heavy atom. The number of benzene rings is 1. The van der Waals surface area contributed by atoms with Crippen LogP contribution in [0.3, 0.4) is 0 Å². The summed E-state index contributed by atoms with van der Waals surface area (Å²) in [6.45, 7) is 7.68. The van der Waals surface area contributed by atoms with Gasteiger partial charge in [0.2, 0.25) is 11.8 Å². The molecule has 1 aliphatic heterocycles. The first-order chi connectivity index (χ1) is 12.0. The average Bonchev–Trinajstić information content (AvgIpc) is 2.62. The van der Waals surface area contributed by atoms with Crippen LogP contribution in [0.25, 0.3) is 0 Å². The Labute approximate surface area is 151 Å². The fourth-order valence-electron chi connectivity index (χ4n) is 2.91. The maximum Gasteiger partial charge on any atom is 0.209 e. The Balaban J connectivity index is 1.91. The van der Waals surface area contributed by atoms with Crippen LogP contribution in [0.4, 0.5) is 0 Å². The molecule has 1 aliphatic rings. The van der Waals surface area contributed by atoms with Gasteiger partial charge in [-0.15, -0.1) is 0 Å². The maximum absolute atomic E-state index is 5.84. The largest absolute Gasteiger partial charge is 0.483 e. The van der Waals surface area contributed by atoms with E-state index >= 15 is 0 Å². The second kappa shape index (κ2) is 9.56. The van der Waals surface area contributed by atoms with E-state index in [2.05, 4.69) is 32.9 Å². The lowest BCUT2D eigenvalue weighted by Crippen LogP contribution is -2.38. The monoisotopic (exact) mass is 346 g/mol. The molecule has 0 spiro atoms. The number of ether oxygens (including phenoxy) is 3. The van der Waals surface area contributed by atoms with Gasteiger partial charge in [-0.25, -0.2) is 9.98 Å². The lowest BCUT2D eigenvalue weighted by atomic mass is 9.99. The van der Waals surface area contributed by atoms with E-state index in [-0.39, 0.29) is 12.1 Å². The highest BCUT2D eigenvalue weighted by Crippen LogP contribution is 2.21. The van der Waals surface area contributed by atoms with Crippen LogP contribution in [-0.4, -0.2) is 44.7 Å². The zero-order valence-electron chi connectivity index (χ0n) is 15.9. The van der Waals surface area contributed by atoms with Crippen molar-refractivity contribution >= 4 is 11.8 Å². The van der Waals surface area contributed by atoms with Crippen molar-refractivity contribution in [3.63, 3.8) is 0 Å². The first-order valence-electron chi connectivity index (χ1n) is 8.90. The molecule has 0 N–H and O–H groups in total. The van der Waals surface area contributed by atoms with Crippen LogP contribution < -0.4 is 0 Å². The molecule has 2 rings (SSSR count). The SMILES string of the molecule is COC1=N[C@H](C(C)C)C(OC)=N[C@@H]1CC(C)COCc1ccccc1. The lowest BCUT2D eigenvalue weighted by Gasteiger charge is -2.28. The summed E-state index contributed by atoms with van der Waals surface area (Å²) < 4.78 is 16.8. The van der Waals surface area contributed by atoms with Crippen LogP contribution in [-0.2, 0) is 20.8 Å². The van der Waals surface area contributed by atoms with Crippen molar-refractivity contribution in [3.8, 4) is 0 Å². The second-order valence-electron chi connectivity index (χ2n) is 6.89. The van der Waals surface area contributed by atoms with Crippen LogP contribution in [0.15, 0.2) is 40.3 Å². The molecule has 0 aromatic heterocycles. The molecule has 0 radical (unpaired) electrons. The van der Waals surface area contributed by atoms with Gasteiger partial charge in [-0.3, -0.25) is 0 Å². The summed E-state index contributed by atoms with van der Waals surface area (Å²) in [7, 11) is 3.32. The average molecular weight is 346 g/mol. The van der Waals surface area contributed by atoms with Gasteiger partial charge in [0.25, 0.3) is 0 Å². The molecule has 1 aromatic rings. The molecule has 1 aromatic carbocycles. The molecule has 5 heteroatoms. The molecule has 0 fully saturated rings. The van der Waals surface area contributed by atoms with Crippen LogP contribution in [0.2, 0.25) is 0 Å². The fraction of sp³-hybridized carbons (Fsp3) is 0.600. The van der Waals surface area contributed by atoms with Crippen molar-refractivity contribution in [1.29, 1.82) is 0 Å². The lowest BCUT2D eigenvalue weighted by molar-refractivity contribution is 0.0883. The minimum absolute atomic E-state index is 0.0687. The smallest absolute Gasteiger partial charge is 0.209 e. The van der Waals surface area contributed by atoms with E-state index in [1.165, 1.54) is 5.56 Å². The third-order valence-corrected chi connectivity index (χ3v) is 4.28. The Morgan fingerprint density at radius 2 is 1.64 bits per heavy atom. The molecule has 3 atom stereocenters. The van der Waals surface area contributed by atoms with Gasteiger partial charge in [0, 0.05) is 6.61 Å². The third kappa shape index (κ3) is 5.56. The molecule has 25 heavy (non-hydrogen) atoms. The molecule has 0 aliphatic carbocycles. The van der Waals surface area contributed by atoms with E-state index in [4.69, 9.17) is 24.2 Å². The highest BCUT2D eigenvalue weighted by molar-refractivity contribution is 5.94. The summed E-state index contributed by atoms with van der Waals surface area (Å²) in [6, 6.07) is 10.0. The molecular weight excluding hydrogens is 316 g/mol. The molecule has 0 amide bonds. The Morgan fingerprint density at radius 1 is 0.960 bits per heavy atom. The summed E-state index contributed by atoms with van der Waals surface area (Å²) in [5, 5.41) is 0. The van der Waals surface area contributed by atoms with E-state index in [1.54, 1.807) is 14.2 Å². The van der Waals surface area contributed by atoms with Crippen molar-refractivity contribution < 1.29 is 14.2 Å². The Bertz CT molecular complexity index is 584. The van der Waals surface area contributed by atoms with Crippen LogP contribution in [0, 0.1) is 11.8 Å². The van der Waals surface area contributed by atoms with Crippen LogP contribution in [0.5, 0.6) is 0 Å². The van der Waals surface area contributed by atoms with Gasteiger partial charge in [-0.1, -0.05) is 51.1 Å². The first kappa shape index (κ1) is 19.4. The van der Waals surface area contributed by atoms with Gasteiger partial charge in [0.05, 0.1) is 20.8 Å². The minimum Gasteiger partial charge on any atom is -0.483 e. The predicted molar refractivity (Wildman–Crippen MR) is 101 cm³/mol. The zero-order chi connectivity index (χ0) is 18.2. The number of methoxy groups -OCH3 is 2. The van der Waals surface area contributed by atoms with Crippen molar-refractivity contribution in [2.75, 3.05) is 20.8 Å². The number of hydrogen-bond donors (Lipinski definition) is 0. The van der Waals surface area contributed by atoms with E-state index in [0.29, 0.717) is 36.8 Å². The normalized spacial score (nSPS) is 21.5. The van der Waals surface area contributed by atoms with E-state index in [0.717, 1.165) is 6.42 Å². The predicted octanol–water partition coefficient (Wildman–Crippen LogP) is 3.73. The number of nitrogens with zero attached hydrogens (tertiary/aromatic N) is 2. The molecule has 1 heterocycles. The Hall–Kier alpha value is -1.88. The number of aliphatic imine (C=N–C) groups is 2. The summed E-state index contributed by atoms with van der Waals surface area (Å²) in [4.78, 5) is 9.46. The van der Waals surface area contributed by atoms with E-state index in [9.17, 15) is 0 Å². The fourth-order valence-corrected chi connectivity index (χ4v) is 2.91. The number of rotatable bonds is 7. The molecule has 1 unspecified atom stereocenters. The molecular formula is C20H30N2O3. The summed E-state index contributed by atoms with van der Waals surface area (Å²) in [6.07, 6.45) is 0.819. The number of hydrogen-bond acceptors (Lipinski definition) is 5. The summed E-state index contributed by atoms with van der Waals surface area (Å²) in [5.41, 5.74) is 1.19. The van der Waals surface area contributed by atoms with Crippen molar-refractivity contribution in [2.24, 2.45) is 21.8 Å². The molecule has 5 nitrogen and oxygen atoms in total. The van der Waals surface area contributed by atoms with Gasteiger partial charge < -0.3 is 14.2 Å². The summed E-state index contributed by atoms with van der Waals surface area (Å²) in [5.74, 6) is 2.04. The van der Waals surface area contributed by atoms with Gasteiger partial charge in [-0.2, -0.15) is 0 Å². The van der Waals surface area contributed by atoms with Gasteiger partial charge in [0.1, 0.15) is 12.1 Å².